The van der Waals surface area contributed by atoms with Gasteiger partial charge >= 0.3 is 0 Å². The molecule has 0 aromatic heterocycles. The summed E-state index contributed by atoms with van der Waals surface area (Å²) in [6.07, 6.45) is 0. The molecule has 3 heteroatoms. The number of hydrogen-bond acceptors (Lipinski definition) is 2. The van der Waals surface area contributed by atoms with Gasteiger partial charge < -0.3 is 10.8 Å². The summed E-state index contributed by atoms with van der Waals surface area (Å²) in [6, 6.07) is 7.70. The molecule has 1 unspecified atom stereocenters. The van der Waals surface area contributed by atoms with Crippen LogP contribution in [0.5, 0.6) is 0 Å². The van der Waals surface area contributed by atoms with Crippen LogP contribution in [-0.4, -0.2) is 11.7 Å². The Hall–Kier alpha value is -0.380. The molecule has 0 saturated carbocycles. The van der Waals surface area contributed by atoms with Crippen LogP contribution in [-0.2, 0) is 5.60 Å². The van der Waals surface area contributed by atoms with E-state index in [4.69, 9.17) is 5.73 Å². The minimum Gasteiger partial charge on any atom is -0.385 e. The zero-order valence-electron chi connectivity index (χ0n) is 9.42. The molecule has 0 spiro atoms. The van der Waals surface area contributed by atoms with E-state index < -0.39 is 5.60 Å². The van der Waals surface area contributed by atoms with Crippen molar-refractivity contribution < 1.29 is 5.11 Å². The third-order valence-electron chi connectivity index (χ3n) is 3.21. The summed E-state index contributed by atoms with van der Waals surface area (Å²) in [5.41, 5.74) is 5.30. The maximum atomic E-state index is 10.5. The lowest BCUT2D eigenvalue weighted by Gasteiger charge is -2.39. The van der Waals surface area contributed by atoms with Crippen LogP contribution in [0.25, 0.3) is 0 Å². The van der Waals surface area contributed by atoms with E-state index in [2.05, 4.69) is 15.9 Å². The lowest BCUT2D eigenvalue weighted by molar-refractivity contribution is -0.0521. The van der Waals surface area contributed by atoms with Crippen LogP contribution in [0.15, 0.2) is 28.7 Å². The minimum atomic E-state index is -0.925. The topological polar surface area (TPSA) is 46.2 Å². The Bertz CT molecular complexity index is 347. The molecule has 1 atom stereocenters. The van der Waals surface area contributed by atoms with E-state index in [0.717, 1.165) is 10.0 Å². The second kappa shape index (κ2) is 4.24. The largest absolute Gasteiger partial charge is 0.385 e. The standard InChI is InChI=1S/C12H18BrNO/c1-11(2,8-14)12(3,15)9-5-4-6-10(13)7-9/h4-7,15H,8,14H2,1-3H3. The van der Waals surface area contributed by atoms with Gasteiger partial charge in [0.25, 0.3) is 0 Å². The molecule has 0 aliphatic heterocycles. The summed E-state index contributed by atoms with van der Waals surface area (Å²) in [5, 5.41) is 10.5. The van der Waals surface area contributed by atoms with Crippen molar-refractivity contribution in [3.63, 3.8) is 0 Å². The molecular formula is C12H18BrNO. The lowest BCUT2D eigenvalue weighted by atomic mass is 9.72. The molecule has 1 aromatic carbocycles. The first kappa shape index (κ1) is 12.7. The van der Waals surface area contributed by atoms with Crippen molar-refractivity contribution in [2.75, 3.05) is 6.54 Å². The molecule has 0 heterocycles. The van der Waals surface area contributed by atoms with Gasteiger partial charge in [-0.2, -0.15) is 0 Å². The van der Waals surface area contributed by atoms with E-state index in [-0.39, 0.29) is 5.41 Å². The fraction of sp³-hybridized carbons (Fsp3) is 0.500. The normalized spacial score (nSPS) is 16.1. The Labute approximate surface area is 99.6 Å². The number of nitrogens with two attached hydrogens (primary N) is 1. The van der Waals surface area contributed by atoms with Crippen molar-refractivity contribution in [3.8, 4) is 0 Å². The second-order valence-corrected chi connectivity index (χ2v) is 5.59. The quantitative estimate of drug-likeness (QED) is 0.888. The molecule has 84 valence electrons. The molecule has 1 rings (SSSR count). The van der Waals surface area contributed by atoms with Crippen molar-refractivity contribution in [1.29, 1.82) is 0 Å². The molecule has 0 radical (unpaired) electrons. The van der Waals surface area contributed by atoms with Gasteiger partial charge in [0.15, 0.2) is 0 Å². The number of hydrogen-bond donors (Lipinski definition) is 2. The van der Waals surface area contributed by atoms with Gasteiger partial charge in [-0.3, -0.25) is 0 Å². The van der Waals surface area contributed by atoms with Gasteiger partial charge in [0.1, 0.15) is 0 Å². The third-order valence-corrected chi connectivity index (χ3v) is 3.71. The zero-order chi connectivity index (χ0) is 11.7. The molecular weight excluding hydrogens is 254 g/mol. The highest BCUT2D eigenvalue weighted by molar-refractivity contribution is 9.10. The van der Waals surface area contributed by atoms with Gasteiger partial charge in [-0.1, -0.05) is 41.9 Å². The van der Waals surface area contributed by atoms with Crippen molar-refractivity contribution in [2.45, 2.75) is 26.4 Å². The molecule has 0 aliphatic carbocycles. The van der Waals surface area contributed by atoms with Gasteiger partial charge in [-0.25, -0.2) is 0 Å². The number of benzene rings is 1. The average molecular weight is 272 g/mol. The van der Waals surface area contributed by atoms with Crippen molar-refractivity contribution in [3.05, 3.63) is 34.3 Å². The molecule has 2 nitrogen and oxygen atoms in total. The predicted molar refractivity (Wildman–Crippen MR) is 66.5 cm³/mol. The number of halogens is 1. The van der Waals surface area contributed by atoms with Crippen molar-refractivity contribution in [1.82, 2.24) is 0 Å². The monoisotopic (exact) mass is 271 g/mol. The lowest BCUT2D eigenvalue weighted by Crippen LogP contribution is -2.44. The molecule has 1 aromatic rings. The van der Waals surface area contributed by atoms with E-state index in [0.29, 0.717) is 6.54 Å². The number of rotatable bonds is 3. The summed E-state index contributed by atoms with van der Waals surface area (Å²) in [4.78, 5) is 0. The second-order valence-electron chi connectivity index (χ2n) is 4.67. The number of aliphatic hydroxyl groups is 1. The van der Waals surface area contributed by atoms with Crippen LogP contribution in [0.1, 0.15) is 26.3 Å². The van der Waals surface area contributed by atoms with E-state index >= 15 is 0 Å². The van der Waals surface area contributed by atoms with Crippen molar-refractivity contribution >= 4 is 15.9 Å². The highest BCUT2D eigenvalue weighted by Gasteiger charge is 2.39. The average Bonchev–Trinajstić information content (AvgIpc) is 2.17. The Morgan fingerprint density at radius 1 is 1.33 bits per heavy atom. The first-order chi connectivity index (χ1) is 6.81. The van der Waals surface area contributed by atoms with Gasteiger partial charge in [0.05, 0.1) is 5.60 Å². The van der Waals surface area contributed by atoms with Crippen LogP contribution in [0.3, 0.4) is 0 Å². The van der Waals surface area contributed by atoms with E-state index in [9.17, 15) is 5.11 Å². The maximum absolute atomic E-state index is 10.5. The summed E-state index contributed by atoms with van der Waals surface area (Å²) in [7, 11) is 0. The van der Waals surface area contributed by atoms with E-state index in [1.54, 1.807) is 0 Å². The highest BCUT2D eigenvalue weighted by Crippen LogP contribution is 2.39. The summed E-state index contributed by atoms with van der Waals surface area (Å²) < 4.78 is 0.966. The Balaban J connectivity index is 3.16. The minimum absolute atomic E-state index is 0.353. The Kier molecular flexibility index (Phi) is 3.59. The third kappa shape index (κ3) is 2.41. The fourth-order valence-corrected chi connectivity index (χ4v) is 1.78. The van der Waals surface area contributed by atoms with E-state index in [1.165, 1.54) is 0 Å². The van der Waals surface area contributed by atoms with Gasteiger partial charge in [0.2, 0.25) is 0 Å². The van der Waals surface area contributed by atoms with Crippen LogP contribution in [0, 0.1) is 5.41 Å². The first-order valence-corrected chi connectivity index (χ1v) is 5.79. The van der Waals surface area contributed by atoms with Gasteiger partial charge in [-0.05, 0) is 24.6 Å². The zero-order valence-corrected chi connectivity index (χ0v) is 11.0. The molecule has 0 bridgehead atoms. The molecule has 0 fully saturated rings. The van der Waals surface area contributed by atoms with Crippen LogP contribution in [0.2, 0.25) is 0 Å². The smallest absolute Gasteiger partial charge is 0.0931 e. The molecule has 0 amide bonds. The van der Waals surface area contributed by atoms with Crippen molar-refractivity contribution in [2.24, 2.45) is 11.1 Å². The SMILES string of the molecule is CC(C)(CN)C(C)(O)c1cccc(Br)c1. The molecule has 15 heavy (non-hydrogen) atoms. The Morgan fingerprint density at radius 2 is 1.93 bits per heavy atom. The molecule has 0 aliphatic rings. The molecule has 3 N–H and O–H groups in total. The van der Waals surface area contributed by atoms with Crippen LogP contribution < -0.4 is 5.73 Å². The van der Waals surface area contributed by atoms with Gasteiger partial charge in [-0.15, -0.1) is 0 Å². The summed E-state index contributed by atoms with van der Waals surface area (Å²) >= 11 is 3.40. The summed E-state index contributed by atoms with van der Waals surface area (Å²) in [5.74, 6) is 0. The molecule has 0 saturated heterocycles. The fourth-order valence-electron chi connectivity index (χ4n) is 1.38. The van der Waals surface area contributed by atoms with Gasteiger partial charge in [0, 0.05) is 16.4 Å². The van der Waals surface area contributed by atoms with Crippen LogP contribution >= 0.6 is 15.9 Å². The summed E-state index contributed by atoms with van der Waals surface area (Å²) in [6.45, 7) is 6.18. The maximum Gasteiger partial charge on any atom is 0.0931 e. The van der Waals surface area contributed by atoms with E-state index in [1.807, 2.05) is 45.0 Å². The Morgan fingerprint density at radius 3 is 2.40 bits per heavy atom. The highest BCUT2D eigenvalue weighted by atomic mass is 79.9. The first-order valence-electron chi connectivity index (χ1n) is 5.00. The van der Waals surface area contributed by atoms with Crippen LogP contribution in [0.4, 0.5) is 0 Å². The predicted octanol–water partition coefficient (Wildman–Crippen LogP) is 2.64.